The Kier molecular flexibility index (Phi) is 5.45. The van der Waals surface area contributed by atoms with Crippen LogP contribution in [0.4, 0.5) is 0 Å². The second kappa shape index (κ2) is 7.32. The lowest BCUT2D eigenvalue weighted by atomic mass is 10.1. The summed E-state index contributed by atoms with van der Waals surface area (Å²) in [7, 11) is 0. The summed E-state index contributed by atoms with van der Waals surface area (Å²) in [6.07, 6.45) is 1.90. The van der Waals surface area contributed by atoms with Crippen molar-refractivity contribution in [3.63, 3.8) is 0 Å². The highest BCUT2D eigenvalue weighted by Gasteiger charge is 2.04. The summed E-state index contributed by atoms with van der Waals surface area (Å²) in [5.41, 5.74) is 8.09. The molecule has 0 aliphatic carbocycles. The number of hydrogen-bond donors (Lipinski definition) is 1. The van der Waals surface area contributed by atoms with Crippen LogP contribution in [0.2, 0.25) is 5.02 Å². The SMILES string of the molecule is CC(N)CCc1ccc(OCc2ccccc2)c(Cl)c1. The van der Waals surface area contributed by atoms with Crippen molar-refractivity contribution in [2.24, 2.45) is 5.73 Å². The summed E-state index contributed by atoms with van der Waals surface area (Å²) in [5, 5.41) is 0.656. The van der Waals surface area contributed by atoms with E-state index < -0.39 is 0 Å². The summed E-state index contributed by atoms with van der Waals surface area (Å²) in [4.78, 5) is 0. The number of nitrogens with two attached hydrogens (primary N) is 1. The van der Waals surface area contributed by atoms with E-state index in [0.29, 0.717) is 11.6 Å². The first-order valence-electron chi connectivity index (χ1n) is 6.86. The van der Waals surface area contributed by atoms with E-state index in [4.69, 9.17) is 22.1 Å². The Morgan fingerprint density at radius 2 is 1.85 bits per heavy atom. The maximum atomic E-state index is 6.25. The van der Waals surface area contributed by atoms with E-state index >= 15 is 0 Å². The Balaban J connectivity index is 1.95. The van der Waals surface area contributed by atoms with E-state index in [9.17, 15) is 0 Å². The molecule has 106 valence electrons. The zero-order valence-corrected chi connectivity index (χ0v) is 12.4. The van der Waals surface area contributed by atoms with Crippen molar-refractivity contribution in [2.45, 2.75) is 32.4 Å². The van der Waals surface area contributed by atoms with Gasteiger partial charge in [0.15, 0.2) is 0 Å². The topological polar surface area (TPSA) is 35.2 Å². The van der Waals surface area contributed by atoms with E-state index in [2.05, 4.69) is 6.07 Å². The molecule has 2 nitrogen and oxygen atoms in total. The summed E-state index contributed by atoms with van der Waals surface area (Å²) >= 11 is 6.25. The molecule has 2 aromatic rings. The van der Waals surface area contributed by atoms with Gasteiger partial charge in [-0.15, -0.1) is 0 Å². The van der Waals surface area contributed by atoms with Crippen LogP contribution < -0.4 is 10.5 Å². The first-order chi connectivity index (χ1) is 9.65. The first kappa shape index (κ1) is 14.9. The monoisotopic (exact) mass is 289 g/mol. The van der Waals surface area contributed by atoms with Crippen LogP contribution in [0.1, 0.15) is 24.5 Å². The van der Waals surface area contributed by atoms with Gasteiger partial charge in [0.05, 0.1) is 5.02 Å². The van der Waals surface area contributed by atoms with Crippen molar-refractivity contribution >= 4 is 11.6 Å². The molecule has 0 aliphatic rings. The van der Waals surface area contributed by atoms with Gasteiger partial charge >= 0.3 is 0 Å². The molecule has 1 unspecified atom stereocenters. The van der Waals surface area contributed by atoms with Crippen LogP contribution in [0.3, 0.4) is 0 Å². The molecule has 0 aliphatic heterocycles. The fraction of sp³-hybridized carbons (Fsp3) is 0.294. The third-order valence-electron chi connectivity index (χ3n) is 3.12. The molecule has 0 amide bonds. The number of ether oxygens (including phenoxy) is 1. The number of aryl methyl sites for hydroxylation is 1. The Morgan fingerprint density at radius 3 is 2.50 bits per heavy atom. The zero-order valence-electron chi connectivity index (χ0n) is 11.7. The molecule has 0 bridgehead atoms. The van der Waals surface area contributed by atoms with Gasteiger partial charge in [-0.1, -0.05) is 48.0 Å². The lowest BCUT2D eigenvalue weighted by molar-refractivity contribution is 0.306. The second-order valence-electron chi connectivity index (χ2n) is 5.06. The quantitative estimate of drug-likeness (QED) is 0.865. The van der Waals surface area contributed by atoms with Gasteiger partial charge in [0.25, 0.3) is 0 Å². The standard InChI is InChI=1S/C17H20ClNO/c1-13(19)7-8-14-9-10-17(16(18)11-14)20-12-15-5-3-2-4-6-15/h2-6,9-11,13H,7-8,12,19H2,1H3. The molecule has 1 atom stereocenters. The highest BCUT2D eigenvalue weighted by atomic mass is 35.5. The smallest absolute Gasteiger partial charge is 0.138 e. The van der Waals surface area contributed by atoms with Crippen molar-refractivity contribution in [1.82, 2.24) is 0 Å². The van der Waals surface area contributed by atoms with Crippen molar-refractivity contribution in [1.29, 1.82) is 0 Å². The molecule has 0 heterocycles. The van der Waals surface area contributed by atoms with Crippen LogP contribution in [0.15, 0.2) is 48.5 Å². The average Bonchev–Trinajstić information content (AvgIpc) is 2.45. The zero-order chi connectivity index (χ0) is 14.4. The second-order valence-corrected chi connectivity index (χ2v) is 5.46. The predicted octanol–water partition coefficient (Wildman–Crippen LogP) is 4.20. The summed E-state index contributed by atoms with van der Waals surface area (Å²) in [5.74, 6) is 0.722. The highest BCUT2D eigenvalue weighted by molar-refractivity contribution is 6.32. The third-order valence-corrected chi connectivity index (χ3v) is 3.42. The molecule has 2 N–H and O–H groups in total. The number of hydrogen-bond acceptors (Lipinski definition) is 2. The van der Waals surface area contributed by atoms with Gasteiger partial charge in [0.2, 0.25) is 0 Å². The van der Waals surface area contributed by atoms with Gasteiger partial charge in [-0.05, 0) is 43.0 Å². The number of rotatable bonds is 6. The molecule has 3 heteroatoms. The predicted molar refractivity (Wildman–Crippen MR) is 84.2 cm³/mol. The van der Waals surface area contributed by atoms with Crippen molar-refractivity contribution < 1.29 is 4.74 Å². The van der Waals surface area contributed by atoms with Crippen LogP contribution in [0.5, 0.6) is 5.75 Å². The average molecular weight is 290 g/mol. The van der Waals surface area contributed by atoms with Gasteiger partial charge in [0.1, 0.15) is 12.4 Å². The van der Waals surface area contributed by atoms with Crippen molar-refractivity contribution in [3.8, 4) is 5.75 Å². The minimum atomic E-state index is 0.211. The molecule has 2 rings (SSSR count). The van der Waals surface area contributed by atoms with Gasteiger partial charge in [-0.25, -0.2) is 0 Å². The summed E-state index contributed by atoms with van der Waals surface area (Å²) < 4.78 is 5.75. The minimum Gasteiger partial charge on any atom is -0.487 e. The minimum absolute atomic E-state index is 0.211. The number of halogens is 1. The van der Waals surface area contributed by atoms with Crippen LogP contribution in [-0.4, -0.2) is 6.04 Å². The maximum absolute atomic E-state index is 6.25. The molecule has 0 saturated carbocycles. The van der Waals surface area contributed by atoms with Gasteiger partial charge in [0, 0.05) is 6.04 Å². The highest BCUT2D eigenvalue weighted by Crippen LogP contribution is 2.26. The Bertz CT molecular complexity index is 540. The molecular weight excluding hydrogens is 270 g/mol. The number of benzene rings is 2. The molecule has 0 spiro atoms. The van der Waals surface area contributed by atoms with E-state index in [1.807, 2.05) is 49.4 Å². The third kappa shape index (κ3) is 4.55. The van der Waals surface area contributed by atoms with Crippen LogP contribution in [-0.2, 0) is 13.0 Å². The molecule has 0 saturated heterocycles. The molecule has 20 heavy (non-hydrogen) atoms. The first-order valence-corrected chi connectivity index (χ1v) is 7.23. The lowest BCUT2D eigenvalue weighted by Crippen LogP contribution is -2.15. The van der Waals surface area contributed by atoms with E-state index in [-0.39, 0.29) is 6.04 Å². The van der Waals surface area contributed by atoms with E-state index in [0.717, 1.165) is 24.2 Å². The fourth-order valence-electron chi connectivity index (χ4n) is 1.95. The Morgan fingerprint density at radius 1 is 1.10 bits per heavy atom. The van der Waals surface area contributed by atoms with Crippen LogP contribution in [0, 0.1) is 0 Å². The van der Waals surface area contributed by atoms with Crippen molar-refractivity contribution in [3.05, 3.63) is 64.7 Å². The fourth-order valence-corrected chi connectivity index (χ4v) is 2.20. The van der Waals surface area contributed by atoms with Crippen LogP contribution >= 0.6 is 11.6 Å². The van der Waals surface area contributed by atoms with E-state index in [1.165, 1.54) is 5.56 Å². The molecular formula is C17H20ClNO. The van der Waals surface area contributed by atoms with Gasteiger partial charge < -0.3 is 10.5 Å². The molecule has 0 aromatic heterocycles. The molecule has 0 radical (unpaired) electrons. The Hall–Kier alpha value is -1.51. The summed E-state index contributed by atoms with van der Waals surface area (Å²) in [6, 6.07) is 16.2. The van der Waals surface area contributed by atoms with Gasteiger partial charge in [-0.3, -0.25) is 0 Å². The Labute approximate surface area is 125 Å². The molecule has 2 aromatic carbocycles. The molecule has 0 fully saturated rings. The normalized spacial score (nSPS) is 12.2. The lowest BCUT2D eigenvalue weighted by Gasteiger charge is -2.10. The maximum Gasteiger partial charge on any atom is 0.138 e. The van der Waals surface area contributed by atoms with Crippen LogP contribution in [0.25, 0.3) is 0 Å². The van der Waals surface area contributed by atoms with Crippen molar-refractivity contribution in [2.75, 3.05) is 0 Å². The van der Waals surface area contributed by atoms with Gasteiger partial charge in [-0.2, -0.15) is 0 Å². The van der Waals surface area contributed by atoms with E-state index in [1.54, 1.807) is 0 Å². The summed E-state index contributed by atoms with van der Waals surface area (Å²) in [6.45, 7) is 2.54. The largest absolute Gasteiger partial charge is 0.487 e.